The lowest BCUT2D eigenvalue weighted by Gasteiger charge is -2.22. The van der Waals surface area contributed by atoms with Crippen LogP contribution < -0.4 is 4.72 Å². The number of benzene rings is 1. The zero-order chi connectivity index (χ0) is 14.1. The molecule has 19 heavy (non-hydrogen) atoms. The second-order valence-electron chi connectivity index (χ2n) is 4.83. The van der Waals surface area contributed by atoms with Gasteiger partial charge in [0.25, 0.3) is 0 Å². The molecule has 1 aromatic carbocycles. The highest BCUT2D eigenvalue weighted by Crippen LogP contribution is 2.29. The number of nitrogens with one attached hydrogen (secondary N) is 1. The molecule has 0 aliphatic heterocycles. The van der Waals surface area contributed by atoms with Crippen LogP contribution in [0.15, 0.2) is 27.6 Å². The summed E-state index contributed by atoms with van der Waals surface area (Å²) < 4.78 is 39.9. The molecular weight excluding hydrogens is 337 g/mol. The molecule has 0 atom stereocenters. The average Bonchev–Trinajstić information content (AvgIpc) is 2.78. The summed E-state index contributed by atoms with van der Waals surface area (Å²) in [7, 11) is -3.80. The van der Waals surface area contributed by atoms with Gasteiger partial charge in [-0.15, -0.1) is 0 Å². The monoisotopic (exact) mass is 351 g/mol. The summed E-state index contributed by atoms with van der Waals surface area (Å²) in [5, 5.41) is 10.1. The quantitative estimate of drug-likeness (QED) is 0.873. The van der Waals surface area contributed by atoms with Crippen LogP contribution in [0.5, 0.6) is 0 Å². The number of sulfonamides is 1. The SMILES string of the molecule is O=S(=O)(NCC1(O)CCCC1)c1ccc(Br)c(F)c1. The van der Waals surface area contributed by atoms with E-state index in [1.54, 1.807) is 0 Å². The van der Waals surface area contributed by atoms with Gasteiger partial charge < -0.3 is 5.11 Å². The maximum Gasteiger partial charge on any atom is 0.240 e. The Morgan fingerprint density at radius 1 is 1.37 bits per heavy atom. The first-order chi connectivity index (χ1) is 8.82. The molecule has 2 N–H and O–H groups in total. The lowest BCUT2D eigenvalue weighted by atomic mass is 10.0. The van der Waals surface area contributed by atoms with Crippen molar-refractivity contribution in [2.45, 2.75) is 36.2 Å². The molecule has 0 bridgehead atoms. The Labute approximate surface area is 120 Å². The lowest BCUT2D eigenvalue weighted by Crippen LogP contribution is -2.40. The summed E-state index contributed by atoms with van der Waals surface area (Å²) in [4.78, 5) is -0.144. The summed E-state index contributed by atoms with van der Waals surface area (Å²) in [5.41, 5.74) is -0.971. The van der Waals surface area contributed by atoms with Crippen LogP contribution in [-0.2, 0) is 10.0 Å². The molecule has 0 radical (unpaired) electrons. The van der Waals surface area contributed by atoms with Gasteiger partial charge in [-0.1, -0.05) is 12.8 Å². The fraction of sp³-hybridized carbons (Fsp3) is 0.500. The minimum atomic E-state index is -3.80. The Bertz CT molecular complexity index is 570. The van der Waals surface area contributed by atoms with E-state index in [9.17, 15) is 17.9 Å². The maximum absolute atomic E-state index is 13.3. The van der Waals surface area contributed by atoms with Crippen molar-refractivity contribution in [3.63, 3.8) is 0 Å². The van der Waals surface area contributed by atoms with Gasteiger partial charge in [-0.3, -0.25) is 0 Å². The molecule has 0 aromatic heterocycles. The Morgan fingerprint density at radius 2 is 2.00 bits per heavy atom. The van der Waals surface area contributed by atoms with Crippen LogP contribution in [0.25, 0.3) is 0 Å². The highest BCUT2D eigenvalue weighted by Gasteiger charge is 2.32. The average molecular weight is 352 g/mol. The van der Waals surface area contributed by atoms with E-state index in [1.807, 2.05) is 0 Å². The Hall–Kier alpha value is -0.500. The minimum Gasteiger partial charge on any atom is -0.389 e. The number of rotatable bonds is 4. The van der Waals surface area contributed by atoms with E-state index in [4.69, 9.17) is 0 Å². The van der Waals surface area contributed by atoms with Crippen LogP contribution in [0, 0.1) is 5.82 Å². The van der Waals surface area contributed by atoms with Gasteiger partial charge in [-0.2, -0.15) is 0 Å². The predicted octanol–water partition coefficient (Wildman–Crippen LogP) is 2.17. The number of hydrogen-bond acceptors (Lipinski definition) is 3. The molecule has 0 spiro atoms. The summed E-state index contributed by atoms with van der Waals surface area (Å²) in [5.74, 6) is -0.637. The van der Waals surface area contributed by atoms with Gasteiger partial charge in [-0.05, 0) is 47.0 Å². The van der Waals surface area contributed by atoms with Crippen LogP contribution in [0.4, 0.5) is 4.39 Å². The standard InChI is InChI=1S/C12H15BrFNO3S/c13-10-4-3-9(7-11(10)14)19(17,18)15-8-12(16)5-1-2-6-12/h3-4,7,15-16H,1-2,5-6,8H2. The van der Waals surface area contributed by atoms with Gasteiger partial charge in [0.05, 0.1) is 15.0 Å². The zero-order valence-corrected chi connectivity index (χ0v) is 12.6. The maximum atomic E-state index is 13.3. The summed E-state index contributed by atoms with van der Waals surface area (Å²) in [6, 6.07) is 3.60. The highest BCUT2D eigenvalue weighted by molar-refractivity contribution is 9.10. The van der Waals surface area contributed by atoms with E-state index < -0.39 is 21.4 Å². The first-order valence-corrected chi connectivity index (χ1v) is 8.27. The Morgan fingerprint density at radius 3 is 2.58 bits per heavy atom. The fourth-order valence-electron chi connectivity index (χ4n) is 2.17. The van der Waals surface area contributed by atoms with Gasteiger partial charge in [0.1, 0.15) is 5.82 Å². The van der Waals surface area contributed by atoms with Crippen molar-refractivity contribution in [3.05, 3.63) is 28.5 Å². The number of aliphatic hydroxyl groups is 1. The molecule has 0 saturated heterocycles. The summed E-state index contributed by atoms with van der Waals surface area (Å²) >= 11 is 2.97. The van der Waals surface area contributed by atoms with Gasteiger partial charge in [0, 0.05) is 6.54 Å². The third-order valence-corrected chi connectivity index (χ3v) is 5.37. The van der Waals surface area contributed by atoms with E-state index in [1.165, 1.54) is 12.1 Å². The van der Waals surface area contributed by atoms with E-state index in [0.717, 1.165) is 18.9 Å². The molecule has 1 aliphatic carbocycles. The summed E-state index contributed by atoms with van der Waals surface area (Å²) in [6.07, 6.45) is 2.96. The van der Waals surface area contributed by atoms with Crippen molar-refractivity contribution in [1.82, 2.24) is 4.72 Å². The third kappa shape index (κ3) is 3.53. The van der Waals surface area contributed by atoms with E-state index in [0.29, 0.717) is 12.8 Å². The van der Waals surface area contributed by atoms with Crippen molar-refractivity contribution < 1.29 is 17.9 Å². The van der Waals surface area contributed by atoms with E-state index >= 15 is 0 Å². The van der Waals surface area contributed by atoms with Crippen molar-refractivity contribution in [3.8, 4) is 0 Å². The largest absolute Gasteiger partial charge is 0.389 e. The Kier molecular flexibility index (Phi) is 4.29. The molecule has 0 heterocycles. The molecule has 2 rings (SSSR count). The van der Waals surface area contributed by atoms with Crippen LogP contribution in [0.1, 0.15) is 25.7 Å². The highest BCUT2D eigenvalue weighted by atomic mass is 79.9. The van der Waals surface area contributed by atoms with Crippen molar-refractivity contribution >= 4 is 26.0 Å². The van der Waals surface area contributed by atoms with Crippen molar-refractivity contribution in [2.24, 2.45) is 0 Å². The first kappa shape index (κ1) is 14.9. The first-order valence-electron chi connectivity index (χ1n) is 6.00. The smallest absolute Gasteiger partial charge is 0.240 e. The van der Waals surface area contributed by atoms with Crippen LogP contribution in [0.2, 0.25) is 0 Å². The molecule has 0 unspecified atom stereocenters. The van der Waals surface area contributed by atoms with Crippen molar-refractivity contribution in [2.75, 3.05) is 6.54 Å². The normalized spacial score (nSPS) is 18.7. The number of hydrogen-bond donors (Lipinski definition) is 2. The molecule has 1 aromatic rings. The van der Waals surface area contributed by atoms with E-state index in [-0.39, 0.29) is 15.9 Å². The third-order valence-electron chi connectivity index (χ3n) is 3.33. The second kappa shape index (κ2) is 5.47. The van der Waals surface area contributed by atoms with Crippen molar-refractivity contribution in [1.29, 1.82) is 0 Å². The molecule has 106 valence electrons. The molecule has 4 nitrogen and oxygen atoms in total. The van der Waals surface area contributed by atoms with Crippen LogP contribution >= 0.6 is 15.9 Å². The Balaban J connectivity index is 2.11. The minimum absolute atomic E-state index is 0.0347. The van der Waals surface area contributed by atoms with Crippen LogP contribution in [-0.4, -0.2) is 25.7 Å². The fourth-order valence-corrected chi connectivity index (χ4v) is 3.54. The topological polar surface area (TPSA) is 66.4 Å². The van der Waals surface area contributed by atoms with Gasteiger partial charge in [0.15, 0.2) is 0 Å². The summed E-state index contributed by atoms with van der Waals surface area (Å²) in [6.45, 7) is -0.0347. The van der Waals surface area contributed by atoms with Crippen LogP contribution in [0.3, 0.4) is 0 Å². The van der Waals surface area contributed by atoms with Gasteiger partial charge in [-0.25, -0.2) is 17.5 Å². The molecular formula is C12H15BrFNO3S. The molecule has 1 aliphatic rings. The molecule has 0 amide bonds. The van der Waals surface area contributed by atoms with E-state index in [2.05, 4.69) is 20.7 Å². The lowest BCUT2D eigenvalue weighted by molar-refractivity contribution is 0.0532. The second-order valence-corrected chi connectivity index (χ2v) is 7.45. The number of halogens is 2. The van der Waals surface area contributed by atoms with Gasteiger partial charge in [0.2, 0.25) is 10.0 Å². The van der Waals surface area contributed by atoms with Gasteiger partial charge >= 0.3 is 0 Å². The predicted molar refractivity (Wildman–Crippen MR) is 72.7 cm³/mol. The molecule has 7 heteroatoms. The molecule has 1 fully saturated rings. The molecule has 1 saturated carbocycles. The zero-order valence-electron chi connectivity index (χ0n) is 10.2.